The van der Waals surface area contributed by atoms with Crippen LogP contribution in [0.15, 0.2) is 18.2 Å². The number of benzene rings is 1. The highest BCUT2D eigenvalue weighted by Gasteiger charge is 2.41. The molecule has 1 atom stereocenters. The van der Waals surface area contributed by atoms with Crippen molar-refractivity contribution < 1.29 is 23.8 Å². The number of carbonyl (C=O) groups excluding carboxylic acids is 2. The summed E-state index contributed by atoms with van der Waals surface area (Å²) in [5.74, 6) is -0.00114. The minimum Gasteiger partial charge on any atom is -0.495 e. The van der Waals surface area contributed by atoms with Crippen molar-refractivity contribution in [2.75, 3.05) is 26.1 Å². The number of hydrogen-bond acceptors (Lipinski definition) is 5. The van der Waals surface area contributed by atoms with Crippen LogP contribution in [0.1, 0.15) is 48.9 Å². The molecule has 1 aliphatic carbocycles. The fourth-order valence-electron chi connectivity index (χ4n) is 3.88. The van der Waals surface area contributed by atoms with Crippen molar-refractivity contribution >= 4 is 17.7 Å². The molecule has 1 aromatic rings. The van der Waals surface area contributed by atoms with Gasteiger partial charge < -0.3 is 24.8 Å². The van der Waals surface area contributed by atoms with Crippen molar-refractivity contribution in [1.82, 2.24) is 5.32 Å². The van der Waals surface area contributed by atoms with E-state index in [0.29, 0.717) is 23.6 Å². The van der Waals surface area contributed by atoms with E-state index >= 15 is 0 Å². The van der Waals surface area contributed by atoms with Gasteiger partial charge in [0.25, 0.3) is 0 Å². The van der Waals surface area contributed by atoms with E-state index in [4.69, 9.17) is 14.2 Å². The zero-order chi connectivity index (χ0) is 18.6. The lowest BCUT2D eigenvalue weighted by atomic mass is 9.82. The fourth-order valence-corrected chi connectivity index (χ4v) is 3.88. The molecule has 3 rings (SSSR count). The minimum atomic E-state index is -0.473. The van der Waals surface area contributed by atoms with Gasteiger partial charge in [0.2, 0.25) is 0 Å². The molecule has 1 saturated heterocycles. The second kappa shape index (κ2) is 7.95. The van der Waals surface area contributed by atoms with Gasteiger partial charge in [-0.25, -0.2) is 9.59 Å². The third kappa shape index (κ3) is 4.09. The molecule has 0 radical (unpaired) electrons. The topological polar surface area (TPSA) is 85.9 Å². The van der Waals surface area contributed by atoms with E-state index in [1.807, 2.05) is 0 Å². The van der Waals surface area contributed by atoms with Crippen molar-refractivity contribution in [3.05, 3.63) is 23.8 Å². The second-order valence-electron chi connectivity index (χ2n) is 6.96. The van der Waals surface area contributed by atoms with Crippen LogP contribution in [0, 0.1) is 0 Å². The maximum absolute atomic E-state index is 12.4. The van der Waals surface area contributed by atoms with Gasteiger partial charge in [-0.1, -0.05) is 19.3 Å². The molecule has 1 spiro atoms. The van der Waals surface area contributed by atoms with Crippen molar-refractivity contribution in [1.29, 1.82) is 0 Å². The summed E-state index contributed by atoms with van der Waals surface area (Å²) in [6.07, 6.45) is 6.64. The number of urea groups is 1. The van der Waals surface area contributed by atoms with Crippen LogP contribution in [0.2, 0.25) is 0 Å². The second-order valence-corrected chi connectivity index (χ2v) is 6.96. The Bertz CT molecular complexity index is 670. The van der Waals surface area contributed by atoms with Crippen LogP contribution in [-0.4, -0.2) is 44.5 Å². The molecule has 1 aliphatic heterocycles. The van der Waals surface area contributed by atoms with Crippen LogP contribution in [-0.2, 0) is 9.47 Å². The van der Waals surface area contributed by atoms with E-state index in [1.54, 1.807) is 12.1 Å². The van der Waals surface area contributed by atoms with Crippen LogP contribution < -0.4 is 15.4 Å². The summed E-state index contributed by atoms with van der Waals surface area (Å²) in [6, 6.07) is 4.40. The van der Waals surface area contributed by atoms with Crippen molar-refractivity contribution in [2.24, 2.45) is 0 Å². The Labute approximate surface area is 153 Å². The largest absolute Gasteiger partial charge is 0.495 e. The number of esters is 1. The molecular weight excluding hydrogens is 336 g/mol. The standard InChI is InChI=1S/C19H26N2O5/c1-24-16-7-6-13(17(22)25-2)10-15(16)21-18(23)20-14-11-19(26-12-14)8-4-3-5-9-19/h6-7,10,14H,3-5,8-9,11-12H2,1-2H3,(H2,20,21,23)/t14-/m0/s1. The van der Waals surface area contributed by atoms with Gasteiger partial charge in [0, 0.05) is 0 Å². The summed E-state index contributed by atoms with van der Waals surface area (Å²) >= 11 is 0. The first-order valence-corrected chi connectivity index (χ1v) is 9.03. The zero-order valence-corrected chi connectivity index (χ0v) is 15.3. The molecule has 0 aromatic heterocycles. The molecule has 2 amide bonds. The van der Waals surface area contributed by atoms with E-state index in [9.17, 15) is 9.59 Å². The first-order valence-electron chi connectivity index (χ1n) is 9.03. The molecule has 1 aromatic carbocycles. The van der Waals surface area contributed by atoms with Gasteiger partial charge in [0.05, 0.1) is 43.7 Å². The number of methoxy groups -OCH3 is 2. The minimum absolute atomic E-state index is 0.0112. The van der Waals surface area contributed by atoms with Crippen molar-refractivity contribution in [3.63, 3.8) is 0 Å². The lowest BCUT2D eigenvalue weighted by molar-refractivity contribution is -0.0245. The van der Waals surface area contributed by atoms with Gasteiger partial charge >= 0.3 is 12.0 Å². The van der Waals surface area contributed by atoms with Crippen molar-refractivity contribution in [2.45, 2.75) is 50.2 Å². The Morgan fingerprint density at radius 3 is 2.65 bits per heavy atom. The number of anilines is 1. The maximum atomic E-state index is 12.4. The first-order chi connectivity index (χ1) is 12.5. The highest BCUT2D eigenvalue weighted by molar-refractivity contribution is 5.95. The van der Waals surface area contributed by atoms with Crippen LogP contribution in [0.4, 0.5) is 10.5 Å². The molecule has 0 bridgehead atoms. The Kier molecular flexibility index (Phi) is 5.66. The predicted octanol–water partition coefficient (Wildman–Crippen LogP) is 3.10. The Balaban J connectivity index is 1.62. The van der Waals surface area contributed by atoms with E-state index in [1.165, 1.54) is 39.5 Å². The Morgan fingerprint density at radius 2 is 1.96 bits per heavy atom. The van der Waals surface area contributed by atoms with E-state index in [0.717, 1.165) is 19.3 Å². The summed E-state index contributed by atoms with van der Waals surface area (Å²) < 4.78 is 16.0. The molecule has 2 aliphatic rings. The van der Waals surface area contributed by atoms with Crippen LogP contribution in [0.25, 0.3) is 0 Å². The number of amides is 2. The zero-order valence-electron chi connectivity index (χ0n) is 15.3. The molecule has 0 unspecified atom stereocenters. The van der Waals surface area contributed by atoms with E-state index in [2.05, 4.69) is 10.6 Å². The van der Waals surface area contributed by atoms with Gasteiger partial charge in [-0.2, -0.15) is 0 Å². The highest BCUT2D eigenvalue weighted by atomic mass is 16.5. The highest BCUT2D eigenvalue weighted by Crippen LogP contribution is 2.39. The smallest absolute Gasteiger partial charge is 0.337 e. The SMILES string of the molecule is COC(=O)c1ccc(OC)c(NC(=O)N[C@@H]2COC3(CCCCC3)C2)c1. The summed E-state index contributed by atoms with van der Waals surface area (Å²) in [5.41, 5.74) is 0.701. The molecule has 7 nitrogen and oxygen atoms in total. The van der Waals surface area contributed by atoms with Gasteiger partial charge in [-0.15, -0.1) is 0 Å². The monoisotopic (exact) mass is 362 g/mol. The number of ether oxygens (including phenoxy) is 3. The molecular formula is C19H26N2O5. The van der Waals surface area contributed by atoms with Gasteiger partial charge in [-0.05, 0) is 37.5 Å². The molecule has 1 heterocycles. The predicted molar refractivity (Wildman–Crippen MR) is 96.7 cm³/mol. The maximum Gasteiger partial charge on any atom is 0.337 e. The van der Waals surface area contributed by atoms with Gasteiger partial charge in [-0.3, -0.25) is 0 Å². The summed E-state index contributed by atoms with van der Waals surface area (Å²) in [6.45, 7) is 0.534. The molecule has 1 saturated carbocycles. The fraction of sp³-hybridized carbons (Fsp3) is 0.579. The third-order valence-corrected chi connectivity index (χ3v) is 5.18. The number of carbonyl (C=O) groups is 2. The average molecular weight is 362 g/mol. The number of hydrogen-bond donors (Lipinski definition) is 2. The molecule has 7 heteroatoms. The lowest BCUT2D eigenvalue weighted by Crippen LogP contribution is -2.39. The van der Waals surface area contributed by atoms with Crippen LogP contribution in [0.3, 0.4) is 0 Å². The molecule has 142 valence electrons. The summed E-state index contributed by atoms with van der Waals surface area (Å²) in [5, 5.41) is 5.73. The van der Waals surface area contributed by atoms with E-state index in [-0.39, 0.29) is 17.7 Å². The van der Waals surface area contributed by atoms with Gasteiger partial charge in [0.15, 0.2) is 0 Å². The summed E-state index contributed by atoms with van der Waals surface area (Å²) in [4.78, 5) is 24.1. The third-order valence-electron chi connectivity index (χ3n) is 5.18. The Morgan fingerprint density at radius 1 is 1.19 bits per heavy atom. The number of rotatable bonds is 4. The molecule has 26 heavy (non-hydrogen) atoms. The van der Waals surface area contributed by atoms with E-state index < -0.39 is 5.97 Å². The molecule has 2 N–H and O–H groups in total. The summed E-state index contributed by atoms with van der Waals surface area (Å²) in [7, 11) is 2.82. The van der Waals surface area contributed by atoms with Crippen LogP contribution in [0.5, 0.6) is 5.75 Å². The molecule has 2 fully saturated rings. The quantitative estimate of drug-likeness (QED) is 0.804. The lowest BCUT2D eigenvalue weighted by Gasteiger charge is -2.32. The average Bonchev–Trinajstić information content (AvgIpc) is 3.03. The number of nitrogens with one attached hydrogen (secondary N) is 2. The normalized spacial score (nSPS) is 21.2. The Hall–Kier alpha value is -2.28. The first kappa shape index (κ1) is 18.5. The van der Waals surface area contributed by atoms with Gasteiger partial charge in [0.1, 0.15) is 5.75 Å². The van der Waals surface area contributed by atoms with Crippen molar-refractivity contribution in [3.8, 4) is 5.75 Å². The van der Waals surface area contributed by atoms with Crippen LogP contribution >= 0.6 is 0 Å².